The zero-order valence-electron chi connectivity index (χ0n) is 23.1. The normalized spacial score (nSPS) is 14.9. The van der Waals surface area contributed by atoms with Crippen LogP contribution in [0.3, 0.4) is 0 Å². The Labute approximate surface area is 222 Å². The molecule has 1 aromatic rings. The number of aromatic hydroxyl groups is 1. The van der Waals surface area contributed by atoms with Gasteiger partial charge in [-0.2, -0.15) is 0 Å². The summed E-state index contributed by atoms with van der Waals surface area (Å²) in [5, 5.41) is 12.6. The molecule has 1 heterocycles. The van der Waals surface area contributed by atoms with Crippen LogP contribution in [0.1, 0.15) is 70.9 Å². The Bertz CT molecular complexity index is 1010. The van der Waals surface area contributed by atoms with Gasteiger partial charge in [-0.25, -0.2) is 9.78 Å². The number of hydrogen-bond donors (Lipinski definition) is 2. The first kappa shape index (κ1) is 32.3. The number of ether oxygens (including phenoxy) is 4. The molecule has 0 saturated carbocycles. The second-order valence-electron chi connectivity index (χ2n) is 9.06. The summed E-state index contributed by atoms with van der Waals surface area (Å²) in [6, 6.07) is -0.0347. The lowest BCUT2D eigenvalue weighted by atomic mass is 9.95. The SMILES string of the molecule is CCOC(=O)[C@H](CC)[C@@H](OC(=O)C(C)C)[C@H](C)OC(=O)[C@@H](NC(=O)c1nccc(C)c1O)[C@@H](C)OC(C)=O. The Hall–Kier alpha value is -3.70. The van der Waals surface area contributed by atoms with Crippen LogP contribution < -0.4 is 5.32 Å². The van der Waals surface area contributed by atoms with Gasteiger partial charge in [0.1, 0.15) is 18.0 Å². The maximum absolute atomic E-state index is 13.3. The van der Waals surface area contributed by atoms with Crippen LogP contribution in [-0.2, 0) is 38.1 Å². The van der Waals surface area contributed by atoms with Crippen molar-refractivity contribution in [1.29, 1.82) is 0 Å². The molecule has 5 atom stereocenters. The average molecular weight is 539 g/mol. The minimum atomic E-state index is -1.53. The Balaban J connectivity index is 3.29. The quantitative estimate of drug-likeness (QED) is 0.279. The van der Waals surface area contributed by atoms with Crippen LogP contribution in [0.2, 0.25) is 0 Å². The highest BCUT2D eigenvalue weighted by atomic mass is 16.6. The number of pyridine rings is 1. The highest BCUT2D eigenvalue weighted by molar-refractivity contribution is 5.97. The van der Waals surface area contributed by atoms with Gasteiger partial charge in [0.15, 0.2) is 17.8 Å². The Morgan fingerprint density at radius 2 is 1.58 bits per heavy atom. The van der Waals surface area contributed by atoms with Gasteiger partial charge in [0, 0.05) is 13.1 Å². The molecule has 12 heteroatoms. The molecule has 0 aliphatic carbocycles. The minimum absolute atomic E-state index is 0.0994. The number of rotatable bonds is 13. The summed E-state index contributed by atoms with van der Waals surface area (Å²) in [6.07, 6.45) is -2.01. The Morgan fingerprint density at radius 3 is 2.11 bits per heavy atom. The van der Waals surface area contributed by atoms with E-state index in [1.54, 1.807) is 34.6 Å². The van der Waals surface area contributed by atoms with E-state index in [-0.39, 0.29) is 24.5 Å². The van der Waals surface area contributed by atoms with Crippen molar-refractivity contribution >= 4 is 29.8 Å². The van der Waals surface area contributed by atoms with Crippen LogP contribution in [-0.4, -0.2) is 70.8 Å². The Kier molecular flexibility index (Phi) is 12.7. The van der Waals surface area contributed by atoms with Crippen molar-refractivity contribution in [2.24, 2.45) is 11.8 Å². The second kappa shape index (κ2) is 14.9. The molecule has 0 fully saturated rings. The highest BCUT2D eigenvalue weighted by Crippen LogP contribution is 2.23. The number of nitrogens with zero attached hydrogens (tertiary/aromatic N) is 1. The van der Waals surface area contributed by atoms with E-state index in [4.69, 9.17) is 18.9 Å². The van der Waals surface area contributed by atoms with Crippen LogP contribution in [0.4, 0.5) is 0 Å². The number of esters is 4. The van der Waals surface area contributed by atoms with E-state index in [1.807, 2.05) is 0 Å². The van der Waals surface area contributed by atoms with Crippen molar-refractivity contribution in [3.8, 4) is 5.75 Å². The third-order valence-corrected chi connectivity index (χ3v) is 5.62. The molecule has 212 valence electrons. The predicted octanol–water partition coefficient (Wildman–Crippen LogP) is 2.23. The third-order valence-electron chi connectivity index (χ3n) is 5.62. The lowest BCUT2D eigenvalue weighted by molar-refractivity contribution is -0.182. The molecule has 0 aromatic carbocycles. The second-order valence-corrected chi connectivity index (χ2v) is 9.06. The van der Waals surface area contributed by atoms with Gasteiger partial charge in [-0.15, -0.1) is 0 Å². The highest BCUT2D eigenvalue weighted by Gasteiger charge is 2.40. The van der Waals surface area contributed by atoms with Gasteiger partial charge in [-0.3, -0.25) is 19.2 Å². The lowest BCUT2D eigenvalue weighted by Crippen LogP contribution is -2.52. The third kappa shape index (κ3) is 9.00. The first-order valence-corrected chi connectivity index (χ1v) is 12.4. The van der Waals surface area contributed by atoms with Crippen LogP contribution in [0.25, 0.3) is 0 Å². The summed E-state index contributed by atoms with van der Waals surface area (Å²) in [5.41, 5.74) is 0.0355. The topological polar surface area (TPSA) is 167 Å². The number of aryl methyl sites for hydroxylation is 1. The summed E-state index contributed by atoms with van der Waals surface area (Å²) >= 11 is 0. The predicted molar refractivity (Wildman–Crippen MR) is 134 cm³/mol. The van der Waals surface area contributed by atoms with Crippen molar-refractivity contribution in [3.05, 3.63) is 23.5 Å². The molecule has 1 amide bonds. The number of carbonyl (C=O) groups is 5. The first-order valence-electron chi connectivity index (χ1n) is 12.4. The first-order chi connectivity index (χ1) is 17.7. The molecule has 12 nitrogen and oxygen atoms in total. The van der Waals surface area contributed by atoms with Crippen molar-refractivity contribution in [2.75, 3.05) is 6.61 Å². The van der Waals surface area contributed by atoms with Crippen molar-refractivity contribution in [3.63, 3.8) is 0 Å². The molecule has 1 rings (SSSR count). The van der Waals surface area contributed by atoms with E-state index in [9.17, 15) is 29.1 Å². The van der Waals surface area contributed by atoms with E-state index >= 15 is 0 Å². The van der Waals surface area contributed by atoms with Gasteiger partial charge in [-0.1, -0.05) is 20.8 Å². The van der Waals surface area contributed by atoms with Crippen LogP contribution in [0.5, 0.6) is 5.75 Å². The van der Waals surface area contributed by atoms with Gasteiger partial charge in [0.05, 0.1) is 18.4 Å². The molecule has 38 heavy (non-hydrogen) atoms. The van der Waals surface area contributed by atoms with Crippen LogP contribution in [0, 0.1) is 18.8 Å². The van der Waals surface area contributed by atoms with E-state index < -0.39 is 66.0 Å². The number of nitrogens with one attached hydrogen (secondary N) is 1. The van der Waals surface area contributed by atoms with Crippen molar-refractivity contribution in [2.45, 2.75) is 86.2 Å². The number of aromatic nitrogens is 1. The molecular formula is C26H38N2O10. The minimum Gasteiger partial charge on any atom is -0.505 e. The summed E-state index contributed by atoms with van der Waals surface area (Å²) in [4.78, 5) is 66.5. The fourth-order valence-electron chi connectivity index (χ4n) is 3.51. The summed E-state index contributed by atoms with van der Waals surface area (Å²) in [5.74, 6) is -5.74. The average Bonchev–Trinajstić information content (AvgIpc) is 2.83. The fourth-order valence-corrected chi connectivity index (χ4v) is 3.51. The van der Waals surface area contributed by atoms with Gasteiger partial charge in [0.25, 0.3) is 5.91 Å². The van der Waals surface area contributed by atoms with Crippen molar-refractivity contribution in [1.82, 2.24) is 10.3 Å². The largest absolute Gasteiger partial charge is 0.505 e. The summed E-state index contributed by atoms with van der Waals surface area (Å²) in [7, 11) is 0. The molecule has 2 N–H and O–H groups in total. The number of hydrogen-bond acceptors (Lipinski definition) is 11. The molecule has 1 aromatic heterocycles. The zero-order chi connectivity index (χ0) is 29.2. The maximum Gasteiger partial charge on any atom is 0.332 e. The monoisotopic (exact) mass is 538 g/mol. The van der Waals surface area contributed by atoms with Gasteiger partial charge in [0.2, 0.25) is 0 Å². The molecule has 0 bridgehead atoms. The van der Waals surface area contributed by atoms with Crippen LogP contribution in [0.15, 0.2) is 12.3 Å². The van der Waals surface area contributed by atoms with Gasteiger partial charge < -0.3 is 29.4 Å². The van der Waals surface area contributed by atoms with Crippen molar-refractivity contribution < 1.29 is 48.0 Å². The van der Waals surface area contributed by atoms with E-state index in [2.05, 4.69) is 10.3 Å². The molecular weight excluding hydrogens is 500 g/mol. The Morgan fingerprint density at radius 1 is 0.947 bits per heavy atom. The number of carbonyl (C=O) groups excluding carboxylic acids is 5. The van der Waals surface area contributed by atoms with Gasteiger partial charge in [-0.05, 0) is 45.7 Å². The molecule has 0 saturated heterocycles. The fraction of sp³-hybridized carbons (Fsp3) is 0.615. The molecule has 0 unspecified atom stereocenters. The zero-order valence-corrected chi connectivity index (χ0v) is 23.1. The standard InChI is InChI=1S/C26H38N2O10/c1-9-18(25(33)35-10-2)22(38-24(32)13(3)4)16(7)37-26(34)19(15(6)36-17(8)29)28-23(31)20-21(30)14(5)11-12-27-20/h11-13,15-16,18-19,22,30H,9-10H2,1-8H3,(H,28,31)/t15-,16+,18-,19+,22+/m1/s1. The van der Waals surface area contributed by atoms with E-state index in [0.29, 0.717) is 5.56 Å². The molecule has 0 spiro atoms. The van der Waals surface area contributed by atoms with Gasteiger partial charge >= 0.3 is 23.9 Å². The molecule has 0 aliphatic rings. The maximum atomic E-state index is 13.3. The smallest absolute Gasteiger partial charge is 0.332 e. The number of amides is 1. The summed E-state index contributed by atoms with van der Waals surface area (Å²) in [6.45, 7) is 12.1. The lowest BCUT2D eigenvalue weighted by Gasteiger charge is -2.31. The molecule has 0 aliphatic heterocycles. The van der Waals surface area contributed by atoms with E-state index in [0.717, 1.165) is 6.92 Å². The van der Waals surface area contributed by atoms with Crippen LogP contribution >= 0.6 is 0 Å². The summed E-state index contributed by atoms with van der Waals surface area (Å²) < 4.78 is 21.3. The molecule has 0 radical (unpaired) electrons. The van der Waals surface area contributed by atoms with E-state index in [1.165, 1.54) is 26.1 Å².